The van der Waals surface area contributed by atoms with Crippen LogP contribution in [-0.4, -0.2) is 66.5 Å². The van der Waals surface area contributed by atoms with Crippen LogP contribution in [0.5, 0.6) is 0 Å². The van der Waals surface area contributed by atoms with Gasteiger partial charge in [0, 0.05) is 19.3 Å². The van der Waals surface area contributed by atoms with E-state index in [2.05, 4.69) is 81.5 Å². The van der Waals surface area contributed by atoms with Gasteiger partial charge in [0.2, 0.25) is 0 Å². The Morgan fingerprint density at radius 1 is 0.372 bits per heavy atom. The number of unbranched alkanes of at least 4 members (excludes halogenated alkanes) is 33. The molecule has 0 aromatic carbocycles. The van der Waals surface area contributed by atoms with Crippen LogP contribution in [0, 0.1) is 0 Å². The van der Waals surface area contributed by atoms with Gasteiger partial charge < -0.3 is 24.2 Å². The largest absolute Gasteiger partial charge is 0.472 e. The molecule has 78 heavy (non-hydrogen) atoms. The molecular weight excluding hydrogens is 1000 g/mol. The van der Waals surface area contributed by atoms with Crippen LogP contribution in [0.25, 0.3) is 0 Å². The molecule has 0 aromatic heterocycles. The van der Waals surface area contributed by atoms with Crippen molar-refractivity contribution in [3.05, 3.63) is 60.8 Å². The lowest BCUT2D eigenvalue weighted by molar-refractivity contribution is -0.161. The normalized spacial score (nSPS) is 13.7. The lowest BCUT2D eigenvalue weighted by atomic mass is 10.0. The fraction of sp³-hybridized carbons (Fsp3) is 0.803. The number of hydrogen-bond acceptors (Lipinski definition) is 10. The van der Waals surface area contributed by atoms with E-state index in [1.54, 1.807) is 0 Å². The third-order valence-corrected chi connectivity index (χ3v) is 14.9. The highest BCUT2D eigenvalue weighted by Crippen LogP contribution is 2.43. The number of carbonyl (C=O) groups is 3. The first-order valence-corrected chi connectivity index (χ1v) is 33.7. The molecular formula is C66H119O11P. The molecule has 12 heteroatoms. The molecule has 0 aliphatic rings. The summed E-state index contributed by atoms with van der Waals surface area (Å²) >= 11 is 0. The number of esters is 3. The van der Waals surface area contributed by atoms with Crippen LogP contribution in [0.15, 0.2) is 60.8 Å². The second-order valence-electron chi connectivity index (χ2n) is 21.6. The van der Waals surface area contributed by atoms with E-state index in [9.17, 15) is 28.9 Å². The molecule has 2 N–H and O–H groups in total. The molecule has 0 saturated carbocycles. The zero-order chi connectivity index (χ0) is 56.9. The second-order valence-corrected chi connectivity index (χ2v) is 23.0. The van der Waals surface area contributed by atoms with Crippen LogP contribution >= 0.6 is 7.82 Å². The molecule has 0 radical (unpaired) electrons. The van der Waals surface area contributed by atoms with Gasteiger partial charge in [-0.3, -0.25) is 23.4 Å². The number of aliphatic hydroxyl groups excluding tert-OH is 1. The first-order chi connectivity index (χ1) is 38.2. The van der Waals surface area contributed by atoms with Crippen molar-refractivity contribution in [1.82, 2.24) is 0 Å². The Morgan fingerprint density at radius 3 is 1.06 bits per heavy atom. The highest BCUT2D eigenvalue weighted by atomic mass is 31.2. The van der Waals surface area contributed by atoms with Crippen molar-refractivity contribution in [3.8, 4) is 0 Å². The first kappa shape index (κ1) is 75.2. The molecule has 0 fully saturated rings. The second kappa shape index (κ2) is 60.3. The minimum Gasteiger partial charge on any atom is -0.462 e. The van der Waals surface area contributed by atoms with Crippen LogP contribution in [0.1, 0.15) is 303 Å². The van der Waals surface area contributed by atoms with E-state index in [1.165, 1.54) is 161 Å². The summed E-state index contributed by atoms with van der Waals surface area (Å²) < 4.78 is 39.6. The van der Waals surface area contributed by atoms with Crippen molar-refractivity contribution in [2.45, 2.75) is 315 Å². The van der Waals surface area contributed by atoms with Gasteiger partial charge in [-0.2, -0.15) is 0 Å². The Morgan fingerprint density at radius 2 is 0.667 bits per heavy atom. The lowest BCUT2D eigenvalue weighted by Gasteiger charge is -2.21. The highest BCUT2D eigenvalue weighted by molar-refractivity contribution is 7.47. The van der Waals surface area contributed by atoms with Crippen LogP contribution in [0.3, 0.4) is 0 Å². The van der Waals surface area contributed by atoms with E-state index in [4.69, 9.17) is 23.3 Å². The van der Waals surface area contributed by atoms with Gasteiger partial charge in [-0.05, 0) is 83.5 Å². The predicted molar refractivity (Wildman–Crippen MR) is 325 cm³/mol. The van der Waals surface area contributed by atoms with Crippen molar-refractivity contribution in [2.24, 2.45) is 0 Å². The van der Waals surface area contributed by atoms with E-state index in [0.717, 1.165) is 83.5 Å². The Bertz CT molecular complexity index is 1540. The van der Waals surface area contributed by atoms with Gasteiger partial charge in [0.05, 0.1) is 19.8 Å². The summed E-state index contributed by atoms with van der Waals surface area (Å²) in [4.78, 5) is 48.7. The molecule has 0 heterocycles. The molecule has 3 unspecified atom stereocenters. The zero-order valence-electron chi connectivity index (χ0n) is 50.4. The summed E-state index contributed by atoms with van der Waals surface area (Å²) in [5.74, 6) is -1.50. The van der Waals surface area contributed by atoms with Gasteiger partial charge in [-0.1, -0.05) is 261 Å². The molecule has 3 atom stereocenters. The van der Waals surface area contributed by atoms with E-state index in [1.807, 2.05) is 0 Å². The molecule has 0 spiro atoms. The number of phosphoric acid groups is 1. The monoisotopic (exact) mass is 1120 g/mol. The number of rotatable bonds is 60. The number of ether oxygens (including phenoxy) is 3. The number of carbonyl (C=O) groups excluding carboxylic acids is 3. The molecule has 0 aliphatic carbocycles. The molecule has 0 aromatic rings. The van der Waals surface area contributed by atoms with Crippen molar-refractivity contribution in [2.75, 3.05) is 26.4 Å². The van der Waals surface area contributed by atoms with Gasteiger partial charge in [0.25, 0.3) is 0 Å². The lowest BCUT2D eigenvalue weighted by Crippen LogP contribution is -2.30. The average molecular weight is 1120 g/mol. The first-order valence-electron chi connectivity index (χ1n) is 32.2. The molecule has 0 aliphatic heterocycles. The third-order valence-electron chi connectivity index (χ3n) is 13.9. The summed E-state index contributed by atoms with van der Waals surface area (Å²) in [6.07, 6.45) is 67.5. The van der Waals surface area contributed by atoms with E-state index in [0.29, 0.717) is 19.3 Å². The minimum atomic E-state index is -4.76. The maximum Gasteiger partial charge on any atom is 0.472 e. The van der Waals surface area contributed by atoms with E-state index < -0.39 is 57.8 Å². The van der Waals surface area contributed by atoms with Crippen molar-refractivity contribution >= 4 is 25.7 Å². The van der Waals surface area contributed by atoms with Crippen LogP contribution in [-0.2, 0) is 42.2 Å². The number of phosphoric ester groups is 1. The van der Waals surface area contributed by atoms with Crippen molar-refractivity contribution < 1.29 is 52.2 Å². The maximum absolute atomic E-state index is 13.0. The SMILES string of the molecule is CC/C=C\C/C=C\C/C=C\C/C=C\CCCCC(=O)OCC(COP(=O)(O)OCC(CO)OC(=O)CCCCCCCCC/C=C\CCCCCCCC)OC(=O)CCCCCCCCCCCCCCCCCCCCC. The summed E-state index contributed by atoms with van der Waals surface area (Å²) in [5, 5.41) is 9.85. The van der Waals surface area contributed by atoms with E-state index in [-0.39, 0.29) is 25.9 Å². The fourth-order valence-corrected chi connectivity index (χ4v) is 9.83. The molecule has 11 nitrogen and oxygen atoms in total. The number of aliphatic hydroxyl groups is 1. The summed E-state index contributed by atoms with van der Waals surface area (Å²) in [5.41, 5.74) is 0. The van der Waals surface area contributed by atoms with Gasteiger partial charge in [0.15, 0.2) is 6.10 Å². The summed E-state index contributed by atoms with van der Waals surface area (Å²) in [6, 6.07) is 0. The standard InChI is InChI=1S/C66H119O11P/c1-4-7-10-13-16-19-22-25-28-30-31-33-36-39-42-45-48-51-54-57-66(70)77-63(59-73-64(68)55-52-49-46-43-40-37-34-27-24-21-18-15-12-9-6-3)61-75-78(71,72)74-60-62(58-67)76-65(69)56-53-50-47-44-41-38-35-32-29-26-23-20-17-14-11-8-5-2/h9,12,18,21,26-27,29,34,40,43,62-63,67H,4-8,10-11,13-17,19-20,22-25,28,30-33,35-39,41-42,44-61H2,1-3H3,(H,71,72)/b12-9-,21-18-,29-26-,34-27-,43-40-. The molecule has 454 valence electrons. The predicted octanol–water partition coefficient (Wildman–Crippen LogP) is 19.5. The third kappa shape index (κ3) is 57.9. The number of hydrogen-bond donors (Lipinski definition) is 2. The van der Waals surface area contributed by atoms with Gasteiger partial charge in [-0.25, -0.2) is 4.57 Å². The van der Waals surface area contributed by atoms with Gasteiger partial charge >= 0.3 is 25.7 Å². The quantitative estimate of drug-likeness (QED) is 0.0197. The maximum atomic E-state index is 13.0. The van der Waals surface area contributed by atoms with Crippen molar-refractivity contribution in [3.63, 3.8) is 0 Å². The Kier molecular flexibility index (Phi) is 58.1. The highest BCUT2D eigenvalue weighted by Gasteiger charge is 2.28. The summed E-state index contributed by atoms with van der Waals surface area (Å²) in [7, 11) is -4.76. The van der Waals surface area contributed by atoms with Crippen LogP contribution < -0.4 is 0 Å². The van der Waals surface area contributed by atoms with Crippen molar-refractivity contribution in [1.29, 1.82) is 0 Å². The fourth-order valence-electron chi connectivity index (χ4n) is 9.05. The summed E-state index contributed by atoms with van der Waals surface area (Å²) in [6.45, 7) is 4.53. The van der Waals surface area contributed by atoms with Gasteiger partial charge in [0.1, 0.15) is 12.7 Å². The number of allylic oxidation sites excluding steroid dienone is 10. The van der Waals surface area contributed by atoms with E-state index >= 15 is 0 Å². The molecule has 0 saturated heterocycles. The Balaban J connectivity index is 4.70. The molecule has 0 bridgehead atoms. The van der Waals surface area contributed by atoms with Crippen LogP contribution in [0.2, 0.25) is 0 Å². The Labute approximate surface area is 478 Å². The molecule has 0 amide bonds. The topological polar surface area (TPSA) is 155 Å². The Hall–Kier alpha value is -2.82. The van der Waals surface area contributed by atoms with Gasteiger partial charge in [-0.15, -0.1) is 0 Å². The van der Waals surface area contributed by atoms with Crippen LogP contribution in [0.4, 0.5) is 0 Å². The smallest absolute Gasteiger partial charge is 0.462 e. The zero-order valence-corrected chi connectivity index (χ0v) is 51.3. The molecule has 0 rings (SSSR count). The average Bonchev–Trinajstić information content (AvgIpc) is 3.43. The minimum absolute atomic E-state index is 0.162.